The second-order valence-corrected chi connectivity index (χ2v) is 7.75. The molecule has 2 aromatic rings. The predicted octanol–water partition coefficient (Wildman–Crippen LogP) is 3.45. The van der Waals surface area contributed by atoms with Crippen molar-refractivity contribution in [2.45, 2.75) is 4.90 Å². The number of sulfone groups is 1. The first kappa shape index (κ1) is 17.6. The van der Waals surface area contributed by atoms with Gasteiger partial charge < -0.3 is 10.6 Å². The number of carbonyl (C=O) groups excluding carboxylic acids is 1. The summed E-state index contributed by atoms with van der Waals surface area (Å²) in [5.41, 5.74) is 1.14. The Morgan fingerprint density at radius 1 is 1.00 bits per heavy atom. The zero-order valence-corrected chi connectivity index (χ0v) is 14.5. The van der Waals surface area contributed by atoms with E-state index in [2.05, 4.69) is 10.6 Å². The first-order chi connectivity index (χ1) is 10.7. The molecule has 23 heavy (non-hydrogen) atoms. The van der Waals surface area contributed by atoms with Crippen LogP contribution in [0.5, 0.6) is 0 Å². The molecule has 0 unspecified atom stereocenters. The van der Waals surface area contributed by atoms with Crippen LogP contribution in [-0.2, 0) is 14.6 Å². The summed E-state index contributed by atoms with van der Waals surface area (Å²) in [6.07, 6.45) is 1.13. The SMILES string of the molecule is CS(=O)(=O)c1ccc(NC(=O)CNc2cc(Cl)cc(Cl)c2)cc1. The molecule has 0 bridgehead atoms. The van der Waals surface area contributed by atoms with Crippen LogP contribution in [0.3, 0.4) is 0 Å². The van der Waals surface area contributed by atoms with E-state index in [1.54, 1.807) is 18.2 Å². The molecule has 2 aromatic carbocycles. The van der Waals surface area contributed by atoms with E-state index in [1.807, 2.05) is 0 Å². The molecular formula is C15H14Cl2N2O3S. The molecule has 0 aliphatic carbocycles. The summed E-state index contributed by atoms with van der Waals surface area (Å²) in [6, 6.07) is 10.8. The van der Waals surface area contributed by atoms with Crippen LogP contribution in [0.15, 0.2) is 47.4 Å². The van der Waals surface area contributed by atoms with Gasteiger partial charge in [0, 0.05) is 27.7 Å². The molecule has 0 radical (unpaired) electrons. The summed E-state index contributed by atoms with van der Waals surface area (Å²) in [6.45, 7) is 0.0184. The van der Waals surface area contributed by atoms with Crippen LogP contribution < -0.4 is 10.6 Å². The van der Waals surface area contributed by atoms with Crippen LogP contribution in [0.2, 0.25) is 10.0 Å². The van der Waals surface area contributed by atoms with Gasteiger partial charge in [0.1, 0.15) is 0 Å². The Kier molecular flexibility index (Phi) is 5.51. The standard InChI is InChI=1S/C15H14Cl2N2O3S/c1-23(21,22)14-4-2-12(3-5-14)19-15(20)9-18-13-7-10(16)6-11(17)8-13/h2-8,18H,9H2,1H3,(H,19,20). The lowest BCUT2D eigenvalue weighted by Crippen LogP contribution is -2.21. The van der Waals surface area contributed by atoms with Crippen LogP contribution >= 0.6 is 23.2 Å². The lowest BCUT2D eigenvalue weighted by atomic mass is 10.3. The lowest BCUT2D eigenvalue weighted by molar-refractivity contribution is -0.114. The summed E-state index contributed by atoms with van der Waals surface area (Å²) >= 11 is 11.7. The fourth-order valence-electron chi connectivity index (χ4n) is 1.83. The summed E-state index contributed by atoms with van der Waals surface area (Å²) in [4.78, 5) is 12.1. The Balaban J connectivity index is 1.94. The van der Waals surface area contributed by atoms with Crippen LogP contribution in [0.25, 0.3) is 0 Å². The van der Waals surface area contributed by atoms with Crippen molar-refractivity contribution in [1.29, 1.82) is 0 Å². The molecule has 122 valence electrons. The zero-order valence-electron chi connectivity index (χ0n) is 12.1. The zero-order chi connectivity index (χ0) is 17.0. The number of carbonyl (C=O) groups is 1. The monoisotopic (exact) mass is 372 g/mol. The molecule has 8 heteroatoms. The van der Waals surface area contributed by atoms with Crippen molar-refractivity contribution in [2.75, 3.05) is 23.4 Å². The van der Waals surface area contributed by atoms with Gasteiger partial charge >= 0.3 is 0 Å². The number of benzene rings is 2. The predicted molar refractivity (Wildman–Crippen MR) is 93.1 cm³/mol. The maximum Gasteiger partial charge on any atom is 0.243 e. The van der Waals surface area contributed by atoms with Gasteiger partial charge in [0.15, 0.2) is 9.84 Å². The van der Waals surface area contributed by atoms with E-state index >= 15 is 0 Å². The number of halogens is 2. The van der Waals surface area contributed by atoms with Crippen LogP contribution in [-0.4, -0.2) is 27.1 Å². The summed E-state index contributed by atoms with van der Waals surface area (Å²) < 4.78 is 22.7. The third kappa shape index (κ3) is 5.42. The van der Waals surface area contributed by atoms with Gasteiger partial charge in [-0.2, -0.15) is 0 Å². The molecule has 0 saturated carbocycles. The number of amides is 1. The Hall–Kier alpha value is -1.76. The highest BCUT2D eigenvalue weighted by molar-refractivity contribution is 7.90. The van der Waals surface area contributed by atoms with Crippen molar-refractivity contribution < 1.29 is 13.2 Å². The van der Waals surface area contributed by atoms with E-state index in [0.717, 1.165) is 6.26 Å². The van der Waals surface area contributed by atoms with Gasteiger partial charge in [-0.05, 0) is 42.5 Å². The first-order valence-corrected chi connectivity index (χ1v) is 9.19. The van der Waals surface area contributed by atoms with Gasteiger partial charge in [-0.3, -0.25) is 4.79 Å². The minimum atomic E-state index is -3.25. The number of nitrogens with one attached hydrogen (secondary N) is 2. The maximum absolute atomic E-state index is 11.9. The number of hydrogen-bond acceptors (Lipinski definition) is 4. The van der Waals surface area contributed by atoms with E-state index in [-0.39, 0.29) is 17.3 Å². The van der Waals surface area contributed by atoms with Crippen molar-refractivity contribution >= 4 is 50.3 Å². The van der Waals surface area contributed by atoms with Gasteiger partial charge in [-0.15, -0.1) is 0 Å². The quantitative estimate of drug-likeness (QED) is 0.842. The summed E-state index contributed by atoms with van der Waals surface area (Å²) in [7, 11) is -3.25. The molecule has 2 N–H and O–H groups in total. The molecule has 0 saturated heterocycles. The number of rotatable bonds is 5. The van der Waals surface area contributed by atoms with Crippen molar-refractivity contribution in [3.05, 3.63) is 52.5 Å². The Bertz CT molecular complexity index is 801. The molecule has 0 aliphatic heterocycles. The largest absolute Gasteiger partial charge is 0.376 e. The van der Waals surface area contributed by atoms with Crippen molar-refractivity contribution in [2.24, 2.45) is 0 Å². The van der Waals surface area contributed by atoms with Crippen LogP contribution in [0.1, 0.15) is 0 Å². The minimum absolute atomic E-state index is 0.0184. The third-order valence-electron chi connectivity index (χ3n) is 2.88. The maximum atomic E-state index is 11.9. The molecule has 0 atom stereocenters. The second-order valence-electron chi connectivity index (χ2n) is 4.86. The smallest absolute Gasteiger partial charge is 0.243 e. The first-order valence-electron chi connectivity index (χ1n) is 6.54. The third-order valence-corrected chi connectivity index (χ3v) is 4.45. The van der Waals surface area contributed by atoms with E-state index in [9.17, 15) is 13.2 Å². The van der Waals surface area contributed by atoms with Crippen molar-refractivity contribution in [3.8, 4) is 0 Å². The molecule has 1 amide bonds. The van der Waals surface area contributed by atoms with Gasteiger partial charge in [-0.1, -0.05) is 23.2 Å². The fourth-order valence-corrected chi connectivity index (χ4v) is 2.99. The molecular weight excluding hydrogens is 359 g/mol. The Morgan fingerprint density at radius 2 is 1.57 bits per heavy atom. The molecule has 0 spiro atoms. The molecule has 2 rings (SSSR count). The average Bonchev–Trinajstić information content (AvgIpc) is 2.44. The van der Waals surface area contributed by atoms with E-state index in [0.29, 0.717) is 21.4 Å². The lowest BCUT2D eigenvalue weighted by Gasteiger charge is -2.09. The number of anilines is 2. The molecule has 0 fully saturated rings. The molecule has 0 aromatic heterocycles. The highest BCUT2D eigenvalue weighted by atomic mass is 35.5. The van der Waals surface area contributed by atoms with Crippen molar-refractivity contribution in [3.63, 3.8) is 0 Å². The molecule has 0 aliphatic rings. The highest BCUT2D eigenvalue weighted by Crippen LogP contribution is 2.22. The van der Waals surface area contributed by atoms with Crippen molar-refractivity contribution in [1.82, 2.24) is 0 Å². The van der Waals surface area contributed by atoms with Gasteiger partial charge in [-0.25, -0.2) is 8.42 Å². The Morgan fingerprint density at radius 3 is 2.09 bits per heavy atom. The summed E-state index contributed by atoms with van der Waals surface area (Å²) in [5.74, 6) is -0.284. The van der Waals surface area contributed by atoms with Crippen LogP contribution in [0.4, 0.5) is 11.4 Å². The Labute approximate surface area is 144 Å². The number of hydrogen-bond donors (Lipinski definition) is 2. The van der Waals surface area contributed by atoms with Gasteiger partial charge in [0.2, 0.25) is 5.91 Å². The molecule has 0 heterocycles. The highest BCUT2D eigenvalue weighted by Gasteiger charge is 2.08. The average molecular weight is 373 g/mol. The van der Waals surface area contributed by atoms with E-state index in [4.69, 9.17) is 23.2 Å². The normalized spacial score (nSPS) is 11.1. The fraction of sp³-hybridized carbons (Fsp3) is 0.133. The second kappa shape index (κ2) is 7.21. The minimum Gasteiger partial charge on any atom is -0.376 e. The molecule has 5 nitrogen and oxygen atoms in total. The topological polar surface area (TPSA) is 75.3 Å². The summed E-state index contributed by atoms with van der Waals surface area (Å²) in [5, 5.41) is 6.50. The van der Waals surface area contributed by atoms with Gasteiger partial charge in [0.25, 0.3) is 0 Å². The van der Waals surface area contributed by atoms with Gasteiger partial charge in [0.05, 0.1) is 11.4 Å². The van der Waals surface area contributed by atoms with Crippen LogP contribution in [0, 0.1) is 0 Å². The van der Waals surface area contributed by atoms with E-state index < -0.39 is 9.84 Å². The van der Waals surface area contributed by atoms with E-state index in [1.165, 1.54) is 24.3 Å².